The van der Waals surface area contributed by atoms with Crippen molar-refractivity contribution < 1.29 is 18.0 Å². The van der Waals surface area contributed by atoms with Crippen molar-refractivity contribution >= 4 is 11.7 Å². The highest BCUT2D eigenvalue weighted by atomic mass is 19.1. The number of benzene rings is 3. The second-order valence-corrected chi connectivity index (χ2v) is 7.42. The summed E-state index contributed by atoms with van der Waals surface area (Å²) in [6, 6.07) is 20.8. The largest absolute Gasteiger partial charge is 0.322 e. The van der Waals surface area contributed by atoms with E-state index in [4.69, 9.17) is 0 Å². The van der Waals surface area contributed by atoms with Gasteiger partial charge in [-0.05, 0) is 11.1 Å². The first-order chi connectivity index (χ1) is 15.0. The third-order valence-corrected chi connectivity index (χ3v) is 5.44. The lowest BCUT2D eigenvalue weighted by atomic mass is 9.96. The maximum Gasteiger partial charge on any atom is 0.322 e. The van der Waals surface area contributed by atoms with Gasteiger partial charge in [0, 0.05) is 38.3 Å². The van der Waals surface area contributed by atoms with Crippen LogP contribution in [0.5, 0.6) is 0 Å². The summed E-state index contributed by atoms with van der Waals surface area (Å²) in [5.41, 5.74) is 1.67. The van der Waals surface area contributed by atoms with Crippen LogP contribution in [0, 0.1) is 17.5 Å². The highest BCUT2D eigenvalue weighted by Crippen LogP contribution is 2.29. The average Bonchev–Trinajstić information content (AvgIpc) is 2.78. The molecule has 160 valence electrons. The fourth-order valence-corrected chi connectivity index (χ4v) is 3.92. The van der Waals surface area contributed by atoms with E-state index in [0.717, 1.165) is 11.1 Å². The lowest BCUT2D eigenvalue weighted by Crippen LogP contribution is -2.51. The number of carbonyl (C=O) groups excluding carboxylic acids is 1. The molecule has 1 fully saturated rings. The average molecular weight is 425 g/mol. The fraction of sp³-hybridized carbons (Fsp3) is 0.208. The van der Waals surface area contributed by atoms with E-state index in [1.165, 1.54) is 4.90 Å². The molecule has 2 amide bonds. The van der Waals surface area contributed by atoms with Crippen molar-refractivity contribution in [3.63, 3.8) is 0 Å². The van der Waals surface area contributed by atoms with Gasteiger partial charge in [0.1, 0.15) is 11.5 Å². The smallest absolute Gasteiger partial charge is 0.322 e. The number of hydrogen-bond donors (Lipinski definition) is 1. The molecule has 1 N–H and O–H groups in total. The van der Waals surface area contributed by atoms with Gasteiger partial charge < -0.3 is 10.2 Å². The number of amides is 2. The SMILES string of the molecule is O=C(Nc1c(F)cc(F)cc1F)N1CCN(C(c2ccccc2)c2ccccc2)CC1. The third-order valence-electron chi connectivity index (χ3n) is 5.44. The van der Waals surface area contributed by atoms with Crippen LogP contribution in [0.4, 0.5) is 23.7 Å². The molecule has 4 rings (SSSR count). The summed E-state index contributed by atoms with van der Waals surface area (Å²) < 4.78 is 40.8. The number of nitrogens with zero attached hydrogens (tertiary/aromatic N) is 2. The molecule has 0 radical (unpaired) electrons. The third kappa shape index (κ3) is 4.72. The summed E-state index contributed by atoms with van der Waals surface area (Å²) in [6.45, 7) is 1.98. The number of carbonyl (C=O) groups is 1. The van der Waals surface area contributed by atoms with Crippen LogP contribution in [-0.4, -0.2) is 42.0 Å². The van der Waals surface area contributed by atoms with E-state index < -0.39 is 29.2 Å². The summed E-state index contributed by atoms with van der Waals surface area (Å²) in [7, 11) is 0. The molecule has 1 saturated heterocycles. The van der Waals surface area contributed by atoms with Gasteiger partial charge in [0.2, 0.25) is 0 Å². The van der Waals surface area contributed by atoms with Crippen molar-refractivity contribution in [3.8, 4) is 0 Å². The van der Waals surface area contributed by atoms with Crippen LogP contribution >= 0.6 is 0 Å². The van der Waals surface area contributed by atoms with Gasteiger partial charge in [-0.3, -0.25) is 4.90 Å². The van der Waals surface area contributed by atoms with E-state index in [1.54, 1.807) is 0 Å². The first-order valence-corrected chi connectivity index (χ1v) is 10.1. The standard InChI is InChI=1S/C24H22F3N3O/c25-19-15-20(26)22(21(27)16-19)28-24(31)30-13-11-29(12-14-30)23(17-7-3-1-4-8-17)18-9-5-2-6-10-18/h1-10,15-16,23H,11-14H2,(H,28,31). The first kappa shape index (κ1) is 20.9. The van der Waals surface area contributed by atoms with Crippen molar-refractivity contribution in [2.24, 2.45) is 0 Å². The molecule has 0 aliphatic carbocycles. The van der Waals surface area contributed by atoms with Crippen molar-refractivity contribution in [2.75, 3.05) is 31.5 Å². The van der Waals surface area contributed by atoms with Gasteiger partial charge in [0.15, 0.2) is 11.6 Å². The Balaban J connectivity index is 1.46. The number of hydrogen-bond acceptors (Lipinski definition) is 2. The molecule has 31 heavy (non-hydrogen) atoms. The van der Waals surface area contributed by atoms with E-state index >= 15 is 0 Å². The Kier molecular flexibility index (Phi) is 6.23. The quantitative estimate of drug-likeness (QED) is 0.636. The summed E-state index contributed by atoms with van der Waals surface area (Å²) in [6.07, 6.45) is 0. The highest BCUT2D eigenvalue weighted by molar-refractivity contribution is 5.89. The van der Waals surface area contributed by atoms with Crippen LogP contribution in [-0.2, 0) is 0 Å². The monoisotopic (exact) mass is 425 g/mol. The number of nitrogens with one attached hydrogen (secondary N) is 1. The maximum absolute atomic E-state index is 13.9. The summed E-state index contributed by atoms with van der Waals surface area (Å²) in [5.74, 6) is -3.31. The molecule has 1 aliphatic heterocycles. The summed E-state index contributed by atoms with van der Waals surface area (Å²) >= 11 is 0. The summed E-state index contributed by atoms with van der Waals surface area (Å²) in [5, 5.41) is 2.23. The van der Waals surface area contributed by atoms with Crippen molar-refractivity contribution in [1.29, 1.82) is 0 Å². The van der Waals surface area contributed by atoms with Crippen LogP contribution < -0.4 is 5.32 Å². The number of urea groups is 1. The number of anilines is 1. The minimum absolute atomic E-state index is 0.0413. The Labute approximate surface area is 178 Å². The zero-order valence-corrected chi connectivity index (χ0v) is 16.8. The van der Waals surface area contributed by atoms with Crippen LogP contribution in [0.2, 0.25) is 0 Å². The molecular weight excluding hydrogens is 403 g/mol. The lowest BCUT2D eigenvalue weighted by molar-refractivity contribution is 0.126. The molecule has 7 heteroatoms. The minimum Gasteiger partial charge on any atom is -0.322 e. The van der Waals surface area contributed by atoms with E-state index in [9.17, 15) is 18.0 Å². The first-order valence-electron chi connectivity index (χ1n) is 10.1. The normalized spacial score (nSPS) is 14.6. The van der Waals surface area contributed by atoms with Crippen molar-refractivity contribution in [2.45, 2.75) is 6.04 Å². The molecule has 0 aromatic heterocycles. The number of rotatable bonds is 4. The molecule has 4 nitrogen and oxygen atoms in total. The zero-order chi connectivity index (χ0) is 21.8. The van der Waals surface area contributed by atoms with Gasteiger partial charge in [0.05, 0.1) is 6.04 Å². The molecular formula is C24H22F3N3O. The number of piperazine rings is 1. The second kappa shape index (κ2) is 9.22. The van der Waals surface area contributed by atoms with Gasteiger partial charge in [-0.2, -0.15) is 0 Å². The number of halogens is 3. The molecule has 0 atom stereocenters. The van der Waals surface area contributed by atoms with Crippen LogP contribution in [0.3, 0.4) is 0 Å². The zero-order valence-electron chi connectivity index (χ0n) is 16.8. The van der Waals surface area contributed by atoms with Crippen LogP contribution in [0.25, 0.3) is 0 Å². The molecule has 0 saturated carbocycles. The van der Waals surface area contributed by atoms with Gasteiger partial charge in [-0.1, -0.05) is 60.7 Å². The summed E-state index contributed by atoms with van der Waals surface area (Å²) in [4.78, 5) is 16.3. The topological polar surface area (TPSA) is 35.6 Å². The Bertz CT molecular complexity index is 976. The molecule has 0 bridgehead atoms. The fourth-order valence-electron chi connectivity index (χ4n) is 3.92. The van der Waals surface area contributed by atoms with Crippen molar-refractivity contribution in [3.05, 3.63) is 101 Å². The van der Waals surface area contributed by atoms with Crippen LogP contribution in [0.1, 0.15) is 17.2 Å². The van der Waals surface area contributed by atoms with Crippen molar-refractivity contribution in [1.82, 2.24) is 9.80 Å². The van der Waals surface area contributed by atoms with Gasteiger partial charge >= 0.3 is 6.03 Å². The predicted octanol–water partition coefficient (Wildman–Crippen LogP) is 5.04. The lowest BCUT2D eigenvalue weighted by Gasteiger charge is -2.39. The predicted molar refractivity (Wildman–Crippen MR) is 113 cm³/mol. The Morgan fingerprint density at radius 2 is 1.26 bits per heavy atom. The molecule has 3 aromatic carbocycles. The van der Waals surface area contributed by atoms with Crippen LogP contribution in [0.15, 0.2) is 72.8 Å². The Morgan fingerprint density at radius 1 is 0.774 bits per heavy atom. The highest BCUT2D eigenvalue weighted by Gasteiger charge is 2.28. The molecule has 0 spiro atoms. The van der Waals surface area contributed by atoms with Gasteiger partial charge in [-0.15, -0.1) is 0 Å². The Morgan fingerprint density at radius 3 is 1.74 bits per heavy atom. The molecule has 1 aliphatic rings. The molecule has 1 heterocycles. The van der Waals surface area contributed by atoms with E-state index in [1.807, 2.05) is 36.4 Å². The molecule has 3 aromatic rings. The van der Waals surface area contributed by atoms with E-state index in [-0.39, 0.29) is 6.04 Å². The second-order valence-electron chi connectivity index (χ2n) is 7.42. The minimum atomic E-state index is -1.14. The van der Waals surface area contributed by atoms with Gasteiger partial charge in [0.25, 0.3) is 0 Å². The maximum atomic E-state index is 13.9. The van der Waals surface area contributed by atoms with Gasteiger partial charge in [-0.25, -0.2) is 18.0 Å². The molecule has 0 unspecified atom stereocenters. The van der Waals surface area contributed by atoms with E-state index in [2.05, 4.69) is 34.5 Å². The Hall–Kier alpha value is -3.32. The van der Waals surface area contributed by atoms with E-state index in [0.29, 0.717) is 38.3 Å².